The van der Waals surface area contributed by atoms with Gasteiger partial charge in [-0.15, -0.1) is 0 Å². The molecule has 7 rings (SSSR count). The molecule has 3 aromatic heterocycles. The van der Waals surface area contributed by atoms with Crippen LogP contribution in [0.2, 0.25) is 0 Å². The highest BCUT2D eigenvalue weighted by Gasteiger charge is 2.25. The van der Waals surface area contributed by atoms with Crippen molar-refractivity contribution in [2.45, 2.75) is 45.2 Å². The van der Waals surface area contributed by atoms with Gasteiger partial charge in [0.15, 0.2) is 11.5 Å². The third kappa shape index (κ3) is 7.49. The van der Waals surface area contributed by atoms with E-state index in [-0.39, 0.29) is 37.1 Å². The zero-order valence-electron chi connectivity index (χ0n) is 27.0. The Bertz CT molecular complexity index is 1900. The number of carbonyl (C=O) groups is 3. The van der Waals surface area contributed by atoms with Crippen molar-refractivity contribution in [3.63, 3.8) is 0 Å². The number of methoxy groups -OCH3 is 1. The van der Waals surface area contributed by atoms with Gasteiger partial charge in [-0.25, -0.2) is 4.98 Å². The van der Waals surface area contributed by atoms with Crippen LogP contribution in [0.5, 0.6) is 11.5 Å². The molecule has 2 aliphatic rings. The van der Waals surface area contributed by atoms with E-state index >= 15 is 0 Å². The predicted octanol–water partition coefficient (Wildman–Crippen LogP) is 4.58. The zero-order chi connectivity index (χ0) is 33.5. The number of aromatic amines is 1. The summed E-state index contributed by atoms with van der Waals surface area (Å²) in [5, 5.41) is 6.87. The number of para-hydroxylation sites is 1. The third-order valence-corrected chi connectivity index (χ3v) is 8.32. The smallest absolute Gasteiger partial charge is 0.272 e. The Kier molecular flexibility index (Phi) is 9.99. The van der Waals surface area contributed by atoms with E-state index in [1.807, 2.05) is 36.5 Å². The van der Waals surface area contributed by atoms with E-state index in [4.69, 9.17) is 13.9 Å². The van der Waals surface area contributed by atoms with Gasteiger partial charge in [-0.05, 0) is 61.7 Å². The molecule has 0 saturated heterocycles. The number of oxazole rings is 1. The molecule has 48 heavy (non-hydrogen) atoms. The highest BCUT2D eigenvalue weighted by atomic mass is 16.5. The SMILES string of the molecule is COc1cc2ccc1OCCCN(C(=O)c1ccccn1)CCCC(=O)N[C@@H](Cc1c[nH]c3ccccc13)C(=O)NCc1nc-2oc1C. The summed E-state index contributed by atoms with van der Waals surface area (Å²) in [7, 11) is 1.56. The van der Waals surface area contributed by atoms with Crippen LogP contribution in [0.1, 0.15) is 46.8 Å². The van der Waals surface area contributed by atoms with Crippen LogP contribution in [0, 0.1) is 6.92 Å². The summed E-state index contributed by atoms with van der Waals surface area (Å²) < 4.78 is 17.6. The van der Waals surface area contributed by atoms with Crippen molar-refractivity contribution in [1.82, 2.24) is 30.5 Å². The van der Waals surface area contributed by atoms with E-state index in [1.165, 1.54) is 0 Å². The number of aryl methyl sites for hydroxylation is 1. The summed E-state index contributed by atoms with van der Waals surface area (Å²) in [6.45, 7) is 2.94. The lowest BCUT2D eigenvalue weighted by Crippen LogP contribution is -2.48. The molecule has 0 unspecified atom stereocenters. The minimum absolute atomic E-state index is 0.108. The van der Waals surface area contributed by atoms with E-state index < -0.39 is 6.04 Å². The highest BCUT2D eigenvalue weighted by molar-refractivity contribution is 5.92. The number of H-pyrrole nitrogens is 1. The van der Waals surface area contributed by atoms with Gasteiger partial charge in [0.2, 0.25) is 17.7 Å². The van der Waals surface area contributed by atoms with Crippen LogP contribution in [-0.4, -0.2) is 70.4 Å². The van der Waals surface area contributed by atoms with E-state index in [0.29, 0.717) is 72.6 Å². The molecule has 4 bridgehead atoms. The van der Waals surface area contributed by atoms with E-state index in [9.17, 15) is 14.4 Å². The Morgan fingerprint density at radius 2 is 1.90 bits per heavy atom. The lowest BCUT2D eigenvalue weighted by Gasteiger charge is -2.23. The van der Waals surface area contributed by atoms with Gasteiger partial charge in [-0.3, -0.25) is 19.4 Å². The first-order valence-corrected chi connectivity index (χ1v) is 16.0. The number of hydrogen-bond donors (Lipinski definition) is 3. The molecule has 248 valence electrons. The van der Waals surface area contributed by atoms with Crippen molar-refractivity contribution >= 4 is 28.6 Å². The summed E-state index contributed by atoms with van der Waals surface area (Å²) in [6, 6.07) is 17.6. The molecule has 1 atom stereocenters. The van der Waals surface area contributed by atoms with Gasteiger partial charge in [0.1, 0.15) is 23.2 Å². The summed E-state index contributed by atoms with van der Waals surface area (Å²) in [5.74, 6) is 1.13. The van der Waals surface area contributed by atoms with Crippen molar-refractivity contribution in [2.75, 3.05) is 26.8 Å². The number of amides is 3. The molecular formula is C36H38N6O6. The fourth-order valence-corrected chi connectivity index (χ4v) is 5.76. The molecule has 0 fully saturated rings. The Hall–Kier alpha value is -5.65. The lowest BCUT2D eigenvalue weighted by atomic mass is 10.0. The van der Waals surface area contributed by atoms with Gasteiger partial charge < -0.3 is 34.4 Å². The molecule has 5 aromatic rings. The van der Waals surface area contributed by atoms with Crippen LogP contribution in [0.25, 0.3) is 22.4 Å². The number of fused-ring (bicyclic) bond motifs is 16. The normalized spacial score (nSPS) is 16.5. The molecule has 0 spiro atoms. The number of rotatable bonds is 4. The number of nitrogens with zero attached hydrogens (tertiary/aromatic N) is 3. The number of pyridine rings is 1. The average molecular weight is 651 g/mol. The molecule has 0 saturated carbocycles. The Morgan fingerprint density at radius 3 is 2.73 bits per heavy atom. The van der Waals surface area contributed by atoms with Crippen molar-refractivity contribution in [3.05, 3.63) is 95.8 Å². The quantitative estimate of drug-likeness (QED) is 0.256. The van der Waals surface area contributed by atoms with Gasteiger partial charge >= 0.3 is 0 Å². The fraction of sp³-hybridized carbons (Fsp3) is 0.306. The van der Waals surface area contributed by atoms with Crippen LogP contribution in [0.15, 0.2) is 77.5 Å². The average Bonchev–Trinajstić information content (AvgIpc) is 3.70. The van der Waals surface area contributed by atoms with Crippen molar-refractivity contribution in [2.24, 2.45) is 0 Å². The van der Waals surface area contributed by atoms with Crippen molar-refractivity contribution in [3.8, 4) is 23.0 Å². The van der Waals surface area contributed by atoms with E-state index in [0.717, 1.165) is 16.5 Å². The van der Waals surface area contributed by atoms with E-state index in [2.05, 4.69) is 25.6 Å². The van der Waals surface area contributed by atoms with Crippen LogP contribution >= 0.6 is 0 Å². The molecule has 2 aliphatic heterocycles. The minimum atomic E-state index is -0.849. The topological polar surface area (TPSA) is 152 Å². The largest absolute Gasteiger partial charge is 0.493 e. The number of ether oxygens (including phenoxy) is 2. The number of benzene rings is 2. The molecule has 5 heterocycles. The van der Waals surface area contributed by atoms with Crippen molar-refractivity contribution < 1.29 is 28.3 Å². The van der Waals surface area contributed by atoms with E-state index in [1.54, 1.807) is 55.5 Å². The van der Waals surface area contributed by atoms with Gasteiger partial charge in [0, 0.05) is 54.8 Å². The van der Waals surface area contributed by atoms with Gasteiger partial charge in [0.05, 0.1) is 20.3 Å². The monoisotopic (exact) mass is 650 g/mol. The number of aromatic nitrogens is 3. The number of nitrogens with one attached hydrogen (secondary N) is 3. The predicted molar refractivity (Wildman–Crippen MR) is 178 cm³/mol. The second kappa shape index (κ2) is 14.8. The molecular weight excluding hydrogens is 612 g/mol. The molecule has 12 nitrogen and oxygen atoms in total. The van der Waals surface area contributed by atoms with Gasteiger partial charge in [-0.1, -0.05) is 24.3 Å². The maximum Gasteiger partial charge on any atom is 0.272 e. The van der Waals surface area contributed by atoms with Crippen LogP contribution in [0.3, 0.4) is 0 Å². The first kappa shape index (κ1) is 32.3. The molecule has 2 aromatic carbocycles. The first-order chi connectivity index (χ1) is 23.4. The number of carbonyl (C=O) groups excluding carboxylic acids is 3. The summed E-state index contributed by atoms with van der Waals surface area (Å²) in [5.41, 5.74) is 3.43. The second-order valence-electron chi connectivity index (χ2n) is 11.6. The molecule has 0 aliphatic carbocycles. The summed E-state index contributed by atoms with van der Waals surface area (Å²) in [6.07, 6.45) is 4.76. The second-order valence-corrected chi connectivity index (χ2v) is 11.6. The standard InChI is InChI=1S/C36H38N6O6/c1-23-30-22-39-34(44)29(19-25-21-38-27-10-4-3-9-26(25)27)40-33(43)12-7-16-42(36(45)28-11-5-6-15-37-28)17-8-18-47-31-14-13-24(20-32(31)46-2)35(41-30)48-23/h3-6,9-11,13-15,20-21,29,38H,7-8,12,16-19,22H2,1-2H3,(H,39,44)(H,40,43)/t29-/m0/s1. The Labute approximate surface area is 277 Å². The maximum absolute atomic E-state index is 13.7. The van der Waals surface area contributed by atoms with Crippen LogP contribution in [-0.2, 0) is 22.6 Å². The summed E-state index contributed by atoms with van der Waals surface area (Å²) in [4.78, 5) is 54.1. The van der Waals surface area contributed by atoms with Crippen molar-refractivity contribution in [1.29, 1.82) is 0 Å². The van der Waals surface area contributed by atoms with Gasteiger partial charge in [0.25, 0.3) is 5.91 Å². The van der Waals surface area contributed by atoms with Crippen LogP contribution < -0.4 is 20.1 Å². The fourth-order valence-electron chi connectivity index (χ4n) is 5.76. The molecule has 0 radical (unpaired) electrons. The maximum atomic E-state index is 13.7. The molecule has 3 N–H and O–H groups in total. The van der Waals surface area contributed by atoms with Gasteiger partial charge in [-0.2, -0.15) is 0 Å². The Balaban J connectivity index is 1.27. The molecule has 3 amide bonds. The highest BCUT2D eigenvalue weighted by Crippen LogP contribution is 2.33. The lowest BCUT2D eigenvalue weighted by molar-refractivity contribution is -0.129. The molecule has 12 heteroatoms. The number of hydrogen-bond acceptors (Lipinski definition) is 8. The summed E-state index contributed by atoms with van der Waals surface area (Å²) >= 11 is 0. The third-order valence-electron chi connectivity index (χ3n) is 8.32. The zero-order valence-corrected chi connectivity index (χ0v) is 27.0. The Morgan fingerprint density at radius 1 is 1.06 bits per heavy atom. The van der Waals surface area contributed by atoms with Crippen LogP contribution in [0.4, 0.5) is 0 Å². The minimum Gasteiger partial charge on any atom is -0.493 e. The first-order valence-electron chi connectivity index (χ1n) is 16.0.